The second-order valence-corrected chi connectivity index (χ2v) is 5.51. The Balaban J connectivity index is 2.02. The summed E-state index contributed by atoms with van der Waals surface area (Å²) < 4.78 is 39.7. The molecule has 0 saturated carbocycles. The number of alkyl halides is 3. The molecule has 1 N–H and O–H groups in total. The molecule has 1 aromatic heterocycles. The molecule has 7 heteroatoms. The smallest absolute Gasteiger partial charge is 0.322 e. The van der Waals surface area contributed by atoms with Crippen molar-refractivity contribution in [2.75, 3.05) is 5.32 Å². The van der Waals surface area contributed by atoms with E-state index in [0.717, 1.165) is 12.1 Å². The number of nitrogens with zero attached hydrogens (tertiary/aromatic N) is 1. The van der Waals surface area contributed by atoms with Crippen LogP contribution in [-0.2, 0) is 13.2 Å². The van der Waals surface area contributed by atoms with E-state index < -0.39 is 17.6 Å². The number of hydrogen-bond donors (Lipinski definition) is 1. The number of carbonyl (C=O) groups is 1. The summed E-state index contributed by atoms with van der Waals surface area (Å²) in [6.07, 6.45) is -4.50. The highest BCUT2D eigenvalue weighted by atomic mass is 19.4. The maximum atomic E-state index is 12.8. The first-order valence-corrected chi connectivity index (χ1v) is 7.35. The number of carbonyl (C=O) groups excluding carboxylic acids is 1. The van der Waals surface area contributed by atoms with E-state index in [-0.39, 0.29) is 16.8 Å². The fraction of sp³-hybridized carbons (Fsp3) is 0.111. The second-order valence-electron chi connectivity index (χ2n) is 5.51. The average Bonchev–Trinajstić information content (AvgIpc) is 2.57. The van der Waals surface area contributed by atoms with E-state index in [0.29, 0.717) is 10.9 Å². The van der Waals surface area contributed by atoms with Crippen LogP contribution in [0.2, 0.25) is 0 Å². The number of halogens is 3. The number of rotatable bonds is 2. The van der Waals surface area contributed by atoms with Gasteiger partial charge in [0.25, 0.3) is 11.5 Å². The molecular weight excluding hydrogens is 333 g/mol. The molecule has 0 aliphatic rings. The lowest BCUT2D eigenvalue weighted by atomic mass is 10.1. The van der Waals surface area contributed by atoms with E-state index >= 15 is 0 Å². The van der Waals surface area contributed by atoms with Crippen molar-refractivity contribution in [3.63, 3.8) is 0 Å². The molecule has 0 aliphatic carbocycles. The Labute approximate surface area is 140 Å². The molecule has 0 bridgehead atoms. The Bertz CT molecular complexity index is 1020. The van der Waals surface area contributed by atoms with Gasteiger partial charge in [0.1, 0.15) is 0 Å². The van der Waals surface area contributed by atoms with Gasteiger partial charge in [-0.1, -0.05) is 24.3 Å². The van der Waals surface area contributed by atoms with Crippen molar-refractivity contribution in [3.8, 4) is 0 Å². The number of nitrogens with one attached hydrogen (secondary N) is 1. The van der Waals surface area contributed by atoms with Gasteiger partial charge in [0.2, 0.25) is 0 Å². The van der Waals surface area contributed by atoms with Crippen molar-refractivity contribution in [2.24, 2.45) is 7.05 Å². The second kappa shape index (κ2) is 6.08. The summed E-state index contributed by atoms with van der Waals surface area (Å²) in [6, 6.07) is 12.3. The zero-order valence-corrected chi connectivity index (χ0v) is 13.1. The van der Waals surface area contributed by atoms with Gasteiger partial charge in [-0.2, -0.15) is 13.2 Å². The molecule has 0 fully saturated rings. The highest BCUT2D eigenvalue weighted by molar-refractivity contribution is 6.12. The minimum Gasteiger partial charge on any atom is -0.322 e. The average molecular weight is 346 g/mol. The lowest BCUT2D eigenvalue weighted by Crippen LogP contribution is -2.21. The summed E-state index contributed by atoms with van der Waals surface area (Å²) >= 11 is 0. The molecule has 3 aromatic rings. The number of fused-ring (bicyclic) bond motifs is 1. The number of benzene rings is 2. The SMILES string of the molecule is Cn1c(=O)cc(C(=O)Nc2cccc(C(F)(F)F)c2)c2ccccc21. The summed E-state index contributed by atoms with van der Waals surface area (Å²) in [4.78, 5) is 24.5. The van der Waals surface area contributed by atoms with E-state index in [1.54, 1.807) is 31.3 Å². The first kappa shape index (κ1) is 16.8. The van der Waals surface area contributed by atoms with Crippen LogP contribution in [0, 0.1) is 0 Å². The van der Waals surface area contributed by atoms with E-state index in [9.17, 15) is 22.8 Å². The van der Waals surface area contributed by atoms with Crippen LogP contribution >= 0.6 is 0 Å². The summed E-state index contributed by atoms with van der Waals surface area (Å²) in [6.45, 7) is 0. The maximum Gasteiger partial charge on any atom is 0.416 e. The van der Waals surface area contributed by atoms with Crippen LogP contribution in [0.4, 0.5) is 18.9 Å². The number of hydrogen-bond acceptors (Lipinski definition) is 2. The number of pyridine rings is 1. The largest absolute Gasteiger partial charge is 0.416 e. The molecule has 0 saturated heterocycles. The zero-order valence-electron chi connectivity index (χ0n) is 13.1. The minimum absolute atomic E-state index is 0.00424. The van der Waals surface area contributed by atoms with Gasteiger partial charge in [0, 0.05) is 24.2 Å². The van der Waals surface area contributed by atoms with Crippen LogP contribution in [0.5, 0.6) is 0 Å². The Hall–Kier alpha value is -3.09. The van der Waals surface area contributed by atoms with Crippen LogP contribution in [-0.4, -0.2) is 10.5 Å². The number of aryl methyl sites for hydroxylation is 1. The summed E-state index contributed by atoms with van der Waals surface area (Å²) in [5, 5.41) is 2.96. The normalized spacial score (nSPS) is 11.5. The molecule has 0 radical (unpaired) electrons. The number of para-hydroxylation sites is 1. The minimum atomic E-state index is -4.50. The molecule has 0 unspecified atom stereocenters. The van der Waals surface area contributed by atoms with E-state index in [1.807, 2.05) is 0 Å². The predicted molar refractivity (Wildman–Crippen MR) is 88.6 cm³/mol. The molecule has 3 rings (SSSR count). The zero-order chi connectivity index (χ0) is 18.2. The van der Waals surface area contributed by atoms with E-state index in [2.05, 4.69) is 5.32 Å². The first-order chi connectivity index (χ1) is 11.8. The molecule has 2 aromatic carbocycles. The Morgan fingerprint density at radius 1 is 1.04 bits per heavy atom. The third-order valence-electron chi connectivity index (χ3n) is 3.85. The number of aromatic nitrogens is 1. The molecule has 1 amide bonds. The third kappa shape index (κ3) is 3.26. The topological polar surface area (TPSA) is 51.1 Å². The van der Waals surface area contributed by atoms with Gasteiger partial charge in [-0.3, -0.25) is 9.59 Å². The van der Waals surface area contributed by atoms with Gasteiger partial charge in [0.15, 0.2) is 0 Å². The molecule has 0 spiro atoms. The third-order valence-corrected chi connectivity index (χ3v) is 3.85. The number of anilines is 1. The van der Waals surface area contributed by atoms with Crippen LogP contribution in [0.15, 0.2) is 59.4 Å². The van der Waals surface area contributed by atoms with E-state index in [1.165, 1.54) is 22.8 Å². The van der Waals surface area contributed by atoms with Gasteiger partial charge >= 0.3 is 6.18 Å². The highest BCUT2D eigenvalue weighted by Gasteiger charge is 2.30. The molecular formula is C18H13F3N2O2. The highest BCUT2D eigenvalue weighted by Crippen LogP contribution is 2.30. The van der Waals surface area contributed by atoms with Crippen LogP contribution in [0.25, 0.3) is 10.9 Å². The molecule has 128 valence electrons. The Morgan fingerprint density at radius 2 is 1.76 bits per heavy atom. The van der Waals surface area contributed by atoms with Crippen molar-refractivity contribution >= 4 is 22.5 Å². The van der Waals surface area contributed by atoms with Crippen molar-refractivity contribution < 1.29 is 18.0 Å². The summed E-state index contributed by atoms with van der Waals surface area (Å²) in [5.41, 5.74) is -0.572. The van der Waals surface area contributed by atoms with Gasteiger partial charge in [-0.25, -0.2) is 0 Å². The Morgan fingerprint density at radius 3 is 2.48 bits per heavy atom. The van der Waals surface area contributed by atoms with E-state index in [4.69, 9.17) is 0 Å². The lowest BCUT2D eigenvalue weighted by molar-refractivity contribution is -0.137. The van der Waals surface area contributed by atoms with Gasteiger partial charge in [0.05, 0.1) is 16.6 Å². The molecule has 1 heterocycles. The van der Waals surface area contributed by atoms with Crippen molar-refractivity contribution in [1.29, 1.82) is 0 Å². The van der Waals surface area contributed by atoms with Gasteiger partial charge in [-0.15, -0.1) is 0 Å². The lowest BCUT2D eigenvalue weighted by Gasteiger charge is -2.12. The molecule has 25 heavy (non-hydrogen) atoms. The standard InChI is InChI=1S/C18H13F3N2O2/c1-23-15-8-3-2-7-13(15)14(10-16(23)24)17(25)22-12-6-4-5-11(9-12)18(19,20)21/h2-10H,1H3,(H,22,25). The molecule has 4 nitrogen and oxygen atoms in total. The van der Waals surface area contributed by atoms with Crippen LogP contribution < -0.4 is 10.9 Å². The van der Waals surface area contributed by atoms with Gasteiger partial charge < -0.3 is 9.88 Å². The first-order valence-electron chi connectivity index (χ1n) is 7.35. The summed E-state index contributed by atoms with van der Waals surface area (Å²) in [5.74, 6) is -0.645. The van der Waals surface area contributed by atoms with Crippen LogP contribution in [0.3, 0.4) is 0 Å². The van der Waals surface area contributed by atoms with Crippen molar-refractivity contribution in [2.45, 2.75) is 6.18 Å². The predicted octanol–water partition coefficient (Wildman–Crippen LogP) is 3.81. The molecule has 0 atom stereocenters. The van der Waals surface area contributed by atoms with Crippen molar-refractivity contribution in [1.82, 2.24) is 4.57 Å². The fourth-order valence-corrected chi connectivity index (χ4v) is 2.57. The maximum absolute atomic E-state index is 12.8. The monoisotopic (exact) mass is 346 g/mol. The van der Waals surface area contributed by atoms with Crippen molar-refractivity contribution in [3.05, 3.63) is 76.1 Å². The number of amides is 1. The fourth-order valence-electron chi connectivity index (χ4n) is 2.57. The quantitative estimate of drug-likeness (QED) is 0.767. The van der Waals surface area contributed by atoms with Crippen LogP contribution in [0.1, 0.15) is 15.9 Å². The summed E-state index contributed by atoms with van der Waals surface area (Å²) in [7, 11) is 1.58. The van der Waals surface area contributed by atoms with Gasteiger partial charge in [-0.05, 0) is 24.3 Å². The Kier molecular flexibility index (Phi) is 4.08. The molecule has 0 aliphatic heterocycles.